The molecule has 0 fully saturated rings. The van der Waals surface area contributed by atoms with Gasteiger partial charge in [0.05, 0.1) is 0 Å². The van der Waals surface area contributed by atoms with E-state index >= 15 is 0 Å². The van der Waals surface area contributed by atoms with Gasteiger partial charge in [-0.25, -0.2) is 4.39 Å². The Hall–Kier alpha value is -1.58. The Morgan fingerprint density at radius 1 is 1.25 bits per heavy atom. The topological polar surface area (TPSA) is 35.2 Å². The van der Waals surface area contributed by atoms with Gasteiger partial charge in [-0.05, 0) is 31.5 Å². The molecule has 2 nitrogen and oxygen atoms in total. The van der Waals surface area contributed by atoms with Crippen LogP contribution in [0.25, 0.3) is 0 Å². The predicted octanol–water partition coefficient (Wildman–Crippen LogP) is 4.39. The number of halogens is 2. The molecule has 0 aliphatic heterocycles. The molecule has 0 aromatic heterocycles. The van der Waals surface area contributed by atoms with E-state index in [1.54, 1.807) is 19.1 Å². The van der Waals surface area contributed by atoms with Crippen LogP contribution in [0.2, 0.25) is 5.02 Å². The van der Waals surface area contributed by atoms with Crippen LogP contribution in [0, 0.1) is 12.7 Å². The van der Waals surface area contributed by atoms with Gasteiger partial charge in [0.15, 0.2) is 0 Å². The Kier molecular flexibility index (Phi) is 4.63. The molecule has 106 valence electrons. The Morgan fingerprint density at radius 2 is 2.00 bits per heavy atom. The monoisotopic (exact) mass is 293 g/mol. The highest BCUT2D eigenvalue weighted by Gasteiger charge is 2.08. The molecule has 0 saturated carbocycles. The first-order valence-corrected chi connectivity index (χ1v) is 6.78. The second-order valence-electron chi connectivity index (χ2n) is 4.86. The summed E-state index contributed by atoms with van der Waals surface area (Å²) >= 11 is 6.12. The minimum Gasteiger partial charge on any atom is -0.489 e. The molecular formula is C16H17ClFNO. The van der Waals surface area contributed by atoms with E-state index in [0.29, 0.717) is 22.9 Å². The van der Waals surface area contributed by atoms with Crippen molar-refractivity contribution >= 4 is 11.6 Å². The molecule has 2 N–H and O–H groups in total. The van der Waals surface area contributed by atoms with Gasteiger partial charge in [0.2, 0.25) is 0 Å². The van der Waals surface area contributed by atoms with Crippen LogP contribution >= 0.6 is 11.6 Å². The number of benzene rings is 2. The first-order chi connectivity index (χ1) is 9.47. The Balaban J connectivity index is 2.09. The van der Waals surface area contributed by atoms with Crippen molar-refractivity contribution in [3.05, 3.63) is 63.9 Å². The summed E-state index contributed by atoms with van der Waals surface area (Å²) < 4.78 is 19.3. The van der Waals surface area contributed by atoms with E-state index < -0.39 is 0 Å². The van der Waals surface area contributed by atoms with Crippen LogP contribution in [0.3, 0.4) is 0 Å². The standard InChI is InChI=1S/C16H17ClFNO/c1-10-3-4-12(15(17)7-10)9-20-13-5-6-14(11(2)19)16(18)8-13/h3-8,11H,9,19H2,1-2H3. The van der Waals surface area contributed by atoms with Crippen LogP contribution in [0.15, 0.2) is 36.4 Å². The first kappa shape index (κ1) is 14.8. The number of hydrogen-bond acceptors (Lipinski definition) is 2. The number of aryl methyl sites for hydroxylation is 1. The molecule has 1 atom stereocenters. The van der Waals surface area contributed by atoms with Crippen molar-refractivity contribution in [1.82, 2.24) is 0 Å². The van der Waals surface area contributed by atoms with E-state index in [2.05, 4.69) is 0 Å². The van der Waals surface area contributed by atoms with Crippen LogP contribution in [0.4, 0.5) is 4.39 Å². The van der Waals surface area contributed by atoms with Gasteiger partial charge in [-0.1, -0.05) is 29.8 Å². The van der Waals surface area contributed by atoms with E-state index in [1.807, 2.05) is 25.1 Å². The van der Waals surface area contributed by atoms with Crippen molar-refractivity contribution in [3.63, 3.8) is 0 Å². The van der Waals surface area contributed by atoms with Gasteiger partial charge in [-0.3, -0.25) is 0 Å². The number of hydrogen-bond donors (Lipinski definition) is 1. The van der Waals surface area contributed by atoms with Crippen molar-refractivity contribution in [2.45, 2.75) is 26.5 Å². The summed E-state index contributed by atoms with van der Waals surface area (Å²) in [5.74, 6) is 0.107. The summed E-state index contributed by atoms with van der Waals surface area (Å²) in [5.41, 5.74) is 8.10. The average Bonchev–Trinajstić information content (AvgIpc) is 2.37. The summed E-state index contributed by atoms with van der Waals surface area (Å²) in [6.45, 7) is 4.01. The molecule has 0 aliphatic rings. The minimum absolute atomic E-state index is 0.302. The van der Waals surface area contributed by atoms with E-state index in [-0.39, 0.29) is 11.9 Å². The molecule has 0 heterocycles. The summed E-state index contributed by atoms with van der Waals surface area (Å²) in [4.78, 5) is 0. The largest absolute Gasteiger partial charge is 0.489 e. The lowest BCUT2D eigenvalue weighted by Crippen LogP contribution is -2.07. The number of ether oxygens (including phenoxy) is 1. The van der Waals surface area contributed by atoms with Crippen molar-refractivity contribution < 1.29 is 9.13 Å². The van der Waals surface area contributed by atoms with Crippen molar-refractivity contribution in [2.75, 3.05) is 0 Å². The van der Waals surface area contributed by atoms with Gasteiger partial charge in [-0.2, -0.15) is 0 Å². The third kappa shape index (κ3) is 3.50. The molecule has 4 heteroatoms. The molecule has 2 rings (SSSR count). The third-order valence-corrected chi connectivity index (χ3v) is 3.42. The zero-order valence-electron chi connectivity index (χ0n) is 11.5. The smallest absolute Gasteiger partial charge is 0.131 e. The van der Waals surface area contributed by atoms with Crippen LogP contribution in [-0.4, -0.2) is 0 Å². The number of rotatable bonds is 4. The van der Waals surface area contributed by atoms with Gasteiger partial charge in [0.25, 0.3) is 0 Å². The zero-order valence-corrected chi connectivity index (χ0v) is 12.2. The molecular weight excluding hydrogens is 277 g/mol. The Bertz CT molecular complexity index is 613. The first-order valence-electron chi connectivity index (χ1n) is 6.40. The molecule has 2 aromatic rings. The fourth-order valence-electron chi connectivity index (χ4n) is 1.90. The highest BCUT2D eigenvalue weighted by Crippen LogP contribution is 2.23. The minimum atomic E-state index is -0.354. The summed E-state index contributed by atoms with van der Waals surface area (Å²) in [5, 5.41) is 0.651. The quantitative estimate of drug-likeness (QED) is 0.907. The lowest BCUT2D eigenvalue weighted by Gasteiger charge is -2.11. The van der Waals surface area contributed by atoms with Crippen molar-refractivity contribution in [2.24, 2.45) is 5.73 Å². The van der Waals surface area contributed by atoms with Crippen LogP contribution in [-0.2, 0) is 6.61 Å². The molecule has 0 radical (unpaired) electrons. The zero-order chi connectivity index (χ0) is 14.7. The third-order valence-electron chi connectivity index (χ3n) is 3.07. The summed E-state index contributed by atoms with van der Waals surface area (Å²) in [6.07, 6.45) is 0. The molecule has 0 amide bonds. The van der Waals surface area contributed by atoms with Gasteiger partial charge < -0.3 is 10.5 Å². The molecule has 0 spiro atoms. The van der Waals surface area contributed by atoms with Crippen LogP contribution in [0.1, 0.15) is 29.7 Å². The highest BCUT2D eigenvalue weighted by atomic mass is 35.5. The van der Waals surface area contributed by atoms with Crippen LogP contribution in [0.5, 0.6) is 5.75 Å². The molecule has 1 unspecified atom stereocenters. The second kappa shape index (κ2) is 6.25. The maximum absolute atomic E-state index is 13.8. The molecule has 20 heavy (non-hydrogen) atoms. The maximum atomic E-state index is 13.8. The van der Waals surface area contributed by atoms with Crippen molar-refractivity contribution in [3.8, 4) is 5.75 Å². The lowest BCUT2D eigenvalue weighted by molar-refractivity contribution is 0.304. The SMILES string of the molecule is Cc1ccc(COc2ccc(C(C)N)c(F)c2)c(Cl)c1. The number of nitrogens with two attached hydrogens (primary N) is 1. The molecule has 2 aromatic carbocycles. The van der Waals surface area contributed by atoms with Gasteiger partial charge in [0.1, 0.15) is 18.2 Å². The molecule has 0 aliphatic carbocycles. The van der Waals surface area contributed by atoms with Gasteiger partial charge >= 0.3 is 0 Å². The fraction of sp³-hybridized carbons (Fsp3) is 0.250. The summed E-state index contributed by atoms with van der Waals surface area (Å²) in [6, 6.07) is 10.1. The van der Waals surface area contributed by atoms with Gasteiger partial charge in [0, 0.05) is 28.3 Å². The lowest BCUT2D eigenvalue weighted by atomic mass is 10.1. The van der Waals surface area contributed by atoms with Crippen molar-refractivity contribution in [1.29, 1.82) is 0 Å². The fourth-order valence-corrected chi connectivity index (χ4v) is 2.19. The van der Waals surface area contributed by atoms with Gasteiger partial charge in [-0.15, -0.1) is 0 Å². The normalized spacial score (nSPS) is 12.2. The maximum Gasteiger partial charge on any atom is 0.131 e. The Morgan fingerprint density at radius 3 is 2.60 bits per heavy atom. The van der Waals surface area contributed by atoms with Crippen LogP contribution < -0.4 is 10.5 Å². The van der Waals surface area contributed by atoms with E-state index in [9.17, 15) is 4.39 Å². The predicted molar refractivity (Wildman–Crippen MR) is 79.5 cm³/mol. The van der Waals surface area contributed by atoms with E-state index in [1.165, 1.54) is 6.07 Å². The highest BCUT2D eigenvalue weighted by molar-refractivity contribution is 6.31. The second-order valence-corrected chi connectivity index (χ2v) is 5.26. The van der Waals surface area contributed by atoms with E-state index in [0.717, 1.165) is 11.1 Å². The molecule has 0 bridgehead atoms. The molecule has 0 saturated heterocycles. The Labute approximate surface area is 123 Å². The van der Waals surface area contributed by atoms with E-state index in [4.69, 9.17) is 22.1 Å². The summed E-state index contributed by atoms with van der Waals surface area (Å²) in [7, 11) is 0. The average molecular weight is 294 g/mol.